The van der Waals surface area contributed by atoms with Crippen molar-refractivity contribution in [3.05, 3.63) is 24.5 Å². The second kappa shape index (κ2) is 5.36. The number of hydrogen-bond acceptors (Lipinski definition) is 5. The summed E-state index contributed by atoms with van der Waals surface area (Å²) in [7, 11) is 0. The van der Waals surface area contributed by atoms with Gasteiger partial charge in [-0.25, -0.2) is 4.98 Å². The second-order valence-corrected chi connectivity index (χ2v) is 3.41. The van der Waals surface area contributed by atoms with Gasteiger partial charge in [-0.1, -0.05) is 12.1 Å². The summed E-state index contributed by atoms with van der Waals surface area (Å²) in [5.41, 5.74) is 0.959. The molecule has 0 radical (unpaired) electrons. The van der Waals surface area contributed by atoms with Crippen molar-refractivity contribution in [2.24, 2.45) is 0 Å². The number of nitrogens with one attached hydrogen (secondary N) is 1. The molecule has 0 aromatic carbocycles. The van der Waals surface area contributed by atoms with Crippen LogP contribution in [0.2, 0.25) is 0 Å². The van der Waals surface area contributed by atoms with E-state index in [2.05, 4.69) is 32.6 Å². The fourth-order valence-electron chi connectivity index (χ4n) is 1.33. The summed E-state index contributed by atoms with van der Waals surface area (Å²) in [5, 5.41) is 15.3. The van der Waals surface area contributed by atoms with Gasteiger partial charge in [-0.05, 0) is 6.54 Å². The van der Waals surface area contributed by atoms with Gasteiger partial charge in [0.05, 0.1) is 18.8 Å². The SMILES string of the molecule is CCNCc1cn(CCn2cncn2)nn1. The number of rotatable bonds is 6. The Bertz CT molecular complexity index is 405. The van der Waals surface area contributed by atoms with Crippen molar-refractivity contribution >= 4 is 0 Å². The van der Waals surface area contributed by atoms with E-state index in [-0.39, 0.29) is 0 Å². The van der Waals surface area contributed by atoms with Crippen LogP contribution in [0.15, 0.2) is 18.9 Å². The topological polar surface area (TPSA) is 73.5 Å². The number of aryl methyl sites for hydroxylation is 2. The zero-order valence-corrected chi connectivity index (χ0v) is 9.24. The summed E-state index contributed by atoms with van der Waals surface area (Å²) in [6.45, 7) is 5.27. The Kier molecular flexibility index (Phi) is 3.60. The van der Waals surface area contributed by atoms with Gasteiger partial charge >= 0.3 is 0 Å². The third kappa shape index (κ3) is 2.86. The van der Waals surface area contributed by atoms with Gasteiger partial charge in [0, 0.05) is 12.7 Å². The molecule has 1 N–H and O–H groups in total. The fraction of sp³-hybridized carbons (Fsp3) is 0.556. The maximum atomic E-state index is 4.06. The largest absolute Gasteiger partial charge is 0.311 e. The maximum absolute atomic E-state index is 4.06. The van der Waals surface area contributed by atoms with E-state index in [1.165, 1.54) is 6.33 Å². The van der Waals surface area contributed by atoms with Crippen LogP contribution in [0.1, 0.15) is 12.6 Å². The Morgan fingerprint density at radius 3 is 2.94 bits per heavy atom. The Balaban J connectivity index is 1.83. The maximum Gasteiger partial charge on any atom is 0.137 e. The van der Waals surface area contributed by atoms with Gasteiger partial charge in [0.2, 0.25) is 0 Å². The van der Waals surface area contributed by atoms with Crippen molar-refractivity contribution in [1.82, 2.24) is 35.1 Å². The molecule has 2 aromatic heterocycles. The van der Waals surface area contributed by atoms with Crippen LogP contribution in [0.5, 0.6) is 0 Å². The van der Waals surface area contributed by atoms with E-state index < -0.39 is 0 Å². The molecule has 0 saturated carbocycles. The van der Waals surface area contributed by atoms with Crippen LogP contribution >= 0.6 is 0 Å². The summed E-state index contributed by atoms with van der Waals surface area (Å²) in [4.78, 5) is 3.88. The Morgan fingerprint density at radius 2 is 2.19 bits per heavy atom. The van der Waals surface area contributed by atoms with Gasteiger partial charge < -0.3 is 5.32 Å². The van der Waals surface area contributed by atoms with Crippen LogP contribution in [-0.4, -0.2) is 36.3 Å². The monoisotopic (exact) mass is 221 g/mol. The van der Waals surface area contributed by atoms with Crippen molar-refractivity contribution in [3.8, 4) is 0 Å². The molecule has 0 aliphatic carbocycles. The third-order valence-electron chi connectivity index (χ3n) is 2.17. The first kappa shape index (κ1) is 10.7. The summed E-state index contributed by atoms with van der Waals surface area (Å²) in [6.07, 6.45) is 5.16. The van der Waals surface area contributed by atoms with Crippen LogP contribution in [-0.2, 0) is 19.6 Å². The van der Waals surface area contributed by atoms with E-state index in [1.54, 1.807) is 11.0 Å². The Labute approximate surface area is 93.5 Å². The van der Waals surface area contributed by atoms with Crippen LogP contribution in [0.4, 0.5) is 0 Å². The van der Waals surface area contributed by atoms with Crippen molar-refractivity contribution < 1.29 is 0 Å². The molecule has 16 heavy (non-hydrogen) atoms. The average molecular weight is 221 g/mol. The molecule has 0 fully saturated rings. The molecule has 2 aromatic rings. The zero-order valence-electron chi connectivity index (χ0n) is 9.24. The lowest BCUT2D eigenvalue weighted by atomic mass is 10.4. The van der Waals surface area contributed by atoms with Crippen LogP contribution < -0.4 is 5.32 Å². The van der Waals surface area contributed by atoms with Gasteiger partial charge in [0.15, 0.2) is 0 Å². The highest BCUT2D eigenvalue weighted by Gasteiger charge is 2.00. The molecule has 0 bridgehead atoms. The minimum Gasteiger partial charge on any atom is -0.311 e. The molecule has 2 heterocycles. The molecule has 7 nitrogen and oxygen atoms in total. The molecular formula is C9H15N7. The molecule has 0 amide bonds. The first-order valence-corrected chi connectivity index (χ1v) is 5.30. The first-order valence-electron chi connectivity index (χ1n) is 5.30. The van der Waals surface area contributed by atoms with Gasteiger partial charge in [0.1, 0.15) is 12.7 Å². The molecule has 0 atom stereocenters. The van der Waals surface area contributed by atoms with Crippen molar-refractivity contribution in [2.45, 2.75) is 26.6 Å². The van der Waals surface area contributed by atoms with Crippen molar-refractivity contribution in [2.75, 3.05) is 6.54 Å². The predicted octanol–water partition coefficient (Wildman–Crippen LogP) is -0.321. The standard InChI is InChI=1S/C9H15N7/c1-2-10-5-9-6-15(14-13-9)3-4-16-8-11-7-12-16/h6-8,10H,2-5H2,1H3. The Hall–Kier alpha value is -1.76. The predicted molar refractivity (Wildman–Crippen MR) is 57.4 cm³/mol. The van der Waals surface area contributed by atoms with Crippen LogP contribution in [0, 0.1) is 0 Å². The lowest BCUT2D eigenvalue weighted by molar-refractivity contribution is 0.489. The number of aromatic nitrogens is 6. The highest BCUT2D eigenvalue weighted by Crippen LogP contribution is 1.93. The highest BCUT2D eigenvalue weighted by molar-refractivity contribution is 4.91. The molecular weight excluding hydrogens is 206 g/mol. The van der Waals surface area contributed by atoms with Crippen molar-refractivity contribution in [3.63, 3.8) is 0 Å². The van der Waals surface area contributed by atoms with Crippen LogP contribution in [0.3, 0.4) is 0 Å². The molecule has 2 rings (SSSR count). The third-order valence-corrected chi connectivity index (χ3v) is 2.17. The molecule has 86 valence electrons. The molecule has 0 spiro atoms. The quantitative estimate of drug-likeness (QED) is 0.723. The number of nitrogens with zero attached hydrogens (tertiary/aromatic N) is 6. The zero-order chi connectivity index (χ0) is 11.2. The minimum absolute atomic E-state index is 0.752. The lowest BCUT2D eigenvalue weighted by Crippen LogP contribution is -2.12. The summed E-state index contributed by atoms with van der Waals surface area (Å²) < 4.78 is 3.58. The molecule has 0 unspecified atom stereocenters. The lowest BCUT2D eigenvalue weighted by Gasteiger charge is -1.99. The molecule has 0 aliphatic heterocycles. The van der Waals surface area contributed by atoms with Gasteiger partial charge in [-0.15, -0.1) is 5.10 Å². The summed E-state index contributed by atoms with van der Waals surface area (Å²) in [5.74, 6) is 0. The van der Waals surface area contributed by atoms with Gasteiger partial charge in [-0.2, -0.15) is 5.10 Å². The van der Waals surface area contributed by atoms with Crippen LogP contribution in [0.25, 0.3) is 0 Å². The van der Waals surface area contributed by atoms with E-state index in [0.717, 1.165) is 31.9 Å². The first-order chi connectivity index (χ1) is 7.88. The Morgan fingerprint density at radius 1 is 1.31 bits per heavy atom. The van der Waals surface area contributed by atoms with Gasteiger partial charge in [-0.3, -0.25) is 9.36 Å². The molecule has 7 heteroatoms. The van der Waals surface area contributed by atoms with Crippen molar-refractivity contribution in [1.29, 1.82) is 0 Å². The smallest absolute Gasteiger partial charge is 0.137 e. The average Bonchev–Trinajstić information content (AvgIpc) is 2.95. The van der Waals surface area contributed by atoms with E-state index in [9.17, 15) is 0 Å². The highest BCUT2D eigenvalue weighted by atomic mass is 15.4. The fourth-order valence-corrected chi connectivity index (χ4v) is 1.33. The second-order valence-electron chi connectivity index (χ2n) is 3.41. The molecule has 0 aliphatic rings. The van der Waals surface area contributed by atoms with E-state index in [4.69, 9.17) is 0 Å². The molecule has 0 saturated heterocycles. The van der Waals surface area contributed by atoms with Gasteiger partial charge in [0.25, 0.3) is 0 Å². The minimum atomic E-state index is 0.752. The van der Waals surface area contributed by atoms with E-state index in [1.807, 2.05) is 10.9 Å². The summed E-state index contributed by atoms with van der Waals surface area (Å²) >= 11 is 0. The normalized spacial score (nSPS) is 10.8. The number of hydrogen-bond donors (Lipinski definition) is 1. The van der Waals surface area contributed by atoms with E-state index in [0.29, 0.717) is 0 Å². The summed E-state index contributed by atoms with van der Waals surface area (Å²) in [6, 6.07) is 0. The van der Waals surface area contributed by atoms with E-state index >= 15 is 0 Å².